The molecule has 0 aromatic heterocycles. The van der Waals surface area contributed by atoms with Gasteiger partial charge in [0.15, 0.2) is 17.5 Å². The Balaban J connectivity index is 2.99. The Bertz CT molecular complexity index is 510. The van der Waals surface area contributed by atoms with Crippen molar-refractivity contribution in [1.82, 2.24) is 0 Å². The van der Waals surface area contributed by atoms with Crippen LogP contribution in [0.4, 0.5) is 8.78 Å². The number of ether oxygens (including phenoxy) is 1. The van der Waals surface area contributed by atoms with Crippen molar-refractivity contribution < 1.29 is 17.9 Å². The van der Waals surface area contributed by atoms with Gasteiger partial charge in [-0.25, -0.2) is 13.8 Å². The molecule has 104 valence electrons. The first-order chi connectivity index (χ1) is 8.74. The van der Waals surface area contributed by atoms with Crippen LogP contribution in [0, 0.1) is 11.6 Å². The Morgan fingerprint density at radius 3 is 2.47 bits per heavy atom. The van der Waals surface area contributed by atoms with Crippen LogP contribution in [-0.4, -0.2) is 21.6 Å². The van der Waals surface area contributed by atoms with Gasteiger partial charge >= 0.3 is 0 Å². The molecule has 0 amide bonds. The van der Waals surface area contributed by atoms with Gasteiger partial charge in [-0.3, -0.25) is 0 Å². The smallest absolute Gasteiger partial charge is 0.244 e. The molecule has 0 N–H and O–H groups in total. The Kier molecular flexibility index (Phi) is 4.82. The zero-order valence-corrected chi connectivity index (χ0v) is 12.5. The molecule has 0 heterocycles. The van der Waals surface area contributed by atoms with Gasteiger partial charge in [0, 0.05) is 6.21 Å². The summed E-state index contributed by atoms with van der Waals surface area (Å²) in [5.74, 6) is -1.60. The average Bonchev–Trinajstić information content (AvgIpc) is 2.28. The third-order valence-electron chi connectivity index (χ3n) is 2.07. The first-order valence-corrected chi connectivity index (χ1v) is 9.09. The normalized spacial score (nSPS) is 11.7. The van der Waals surface area contributed by atoms with Gasteiger partial charge in [0.05, 0.1) is 12.7 Å². The molecule has 0 radical (unpaired) electrons. The van der Waals surface area contributed by atoms with Crippen LogP contribution in [0.25, 0.3) is 0 Å². The Morgan fingerprint density at radius 2 is 1.95 bits per heavy atom. The third kappa shape index (κ3) is 4.48. The number of methoxy groups -OCH3 is 1. The third-order valence-corrected chi connectivity index (χ3v) is 2.92. The van der Waals surface area contributed by atoms with Gasteiger partial charge in [0.2, 0.25) is 8.32 Å². The van der Waals surface area contributed by atoms with Crippen LogP contribution in [0.2, 0.25) is 19.6 Å². The van der Waals surface area contributed by atoms with Crippen LogP contribution >= 0.6 is 0 Å². The first kappa shape index (κ1) is 15.4. The van der Waals surface area contributed by atoms with E-state index in [0.717, 1.165) is 12.3 Å². The summed E-state index contributed by atoms with van der Waals surface area (Å²) in [5, 5.41) is 0. The predicted octanol–water partition coefficient (Wildman–Crippen LogP) is 3.72. The van der Waals surface area contributed by atoms with E-state index in [9.17, 15) is 8.78 Å². The highest BCUT2D eigenvalue weighted by molar-refractivity contribution is 6.70. The lowest BCUT2D eigenvalue weighted by Gasteiger charge is -2.18. The molecule has 0 aliphatic rings. The van der Waals surface area contributed by atoms with E-state index >= 15 is 0 Å². The molecule has 0 aliphatic heterocycles. The second-order valence-electron chi connectivity index (χ2n) is 4.84. The number of hydrogen-bond donors (Lipinski definition) is 0. The van der Waals surface area contributed by atoms with Crippen molar-refractivity contribution >= 4 is 14.5 Å². The average molecular weight is 285 g/mol. The Labute approximate surface area is 112 Å². The summed E-state index contributed by atoms with van der Waals surface area (Å²) < 4.78 is 37.2. The number of rotatable bonds is 5. The first-order valence-electron chi connectivity index (χ1n) is 5.68. The molecule has 3 nitrogen and oxygen atoms in total. The van der Waals surface area contributed by atoms with E-state index in [1.165, 1.54) is 13.2 Å². The summed E-state index contributed by atoms with van der Waals surface area (Å²) in [6.45, 7) is 9.53. The second kappa shape index (κ2) is 5.97. The molecule has 0 fully saturated rings. The summed E-state index contributed by atoms with van der Waals surface area (Å²) in [5.41, 5.74) is -0.0668. The minimum Gasteiger partial charge on any atom is -0.532 e. The minimum absolute atomic E-state index is 0.0668. The van der Waals surface area contributed by atoms with E-state index in [-0.39, 0.29) is 17.2 Å². The summed E-state index contributed by atoms with van der Waals surface area (Å²) in [6, 6.07) is 2.33. The summed E-state index contributed by atoms with van der Waals surface area (Å²) in [4.78, 5) is 3.90. The maximum Gasteiger partial charge on any atom is 0.244 e. The quantitative estimate of drug-likeness (QED) is 0.469. The van der Waals surface area contributed by atoms with Gasteiger partial charge in [0.25, 0.3) is 0 Å². The Morgan fingerprint density at radius 1 is 1.32 bits per heavy atom. The van der Waals surface area contributed by atoms with E-state index in [0.29, 0.717) is 0 Å². The fourth-order valence-corrected chi connectivity index (χ4v) is 2.12. The zero-order valence-electron chi connectivity index (χ0n) is 11.5. The molecule has 0 atom stereocenters. The number of hydrogen-bond acceptors (Lipinski definition) is 3. The molecule has 1 aromatic rings. The van der Waals surface area contributed by atoms with Gasteiger partial charge in [-0.1, -0.05) is 0 Å². The lowest BCUT2D eigenvalue weighted by Crippen LogP contribution is -2.24. The molecule has 0 bridgehead atoms. The zero-order chi connectivity index (χ0) is 14.6. The highest BCUT2D eigenvalue weighted by Crippen LogP contribution is 2.22. The molecular formula is C13H17F2NO2Si. The molecule has 19 heavy (non-hydrogen) atoms. The monoisotopic (exact) mass is 285 g/mol. The topological polar surface area (TPSA) is 30.8 Å². The van der Waals surface area contributed by atoms with Gasteiger partial charge in [-0.2, -0.15) is 0 Å². The van der Waals surface area contributed by atoms with Gasteiger partial charge in [-0.15, -0.1) is 0 Å². The van der Waals surface area contributed by atoms with Crippen LogP contribution in [-0.2, 0) is 4.43 Å². The summed E-state index contributed by atoms with van der Waals surface area (Å²) >= 11 is 0. The predicted molar refractivity (Wildman–Crippen MR) is 74.1 cm³/mol. The van der Waals surface area contributed by atoms with Gasteiger partial charge in [0.1, 0.15) is 5.75 Å². The fourth-order valence-electron chi connectivity index (χ4n) is 1.36. The molecule has 1 rings (SSSR count). The number of aliphatic imine (C=N–C) groups is 1. The highest BCUT2D eigenvalue weighted by Gasteiger charge is 2.17. The van der Waals surface area contributed by atoms with E-state index in [2.05, 4.69) is 11.6 Å². The van der Waals surface area contributed by atoms with Gasteiger partial charge in [-0.05, 0) is 38.4 Å². The van der Waals surface area contributed by atoms with E-state index < -0.39 is 20.0 Å². The van der Waals surface area contributed by atoms with Crippen molar-refractivity contribution in [3.63, 3.8) is 0 Å². The fraction of sp³-hybridized carbons (Fsp3) is 0.308. The second-order valence-corrected chi connectivity index (χ2v) is 9.27. The van der Waals surface area contributed by atoms with Crippen LogP contribution < -0.4 is 4.74 Å². The maximum atomic E-state index is 13.6. The molecule has 0 saturated heterocycles. The number of benzene rings is 1. The van der Waals surface area contributed by atoms with Crippen molar-refractivity contribution in [2.75, 3.05) is 7.11 Å². The minimum atomic E-state index is -1.82. The molecule has 6 heteroatoms. The lowest BCUT2D eigenvalue weighted by atomic mass is 10.2. The molecule has 0 unspecified atom stereocenters. The van der Waals surface area contributed by atoms with Crippen LogP contribution in [0.5, 0.6) is 5.75 Å². The van der Waals surface area contributed by atoms with Gasteiger partial charge < -0.3 is 9.16 Å². The van der Waals surface area contributed by atoms with Crippen molar-refractivity contribution in [2.24, 2.45) is 4.99 Å². The van der Waals surface area contributed by atoms with Crippen molar-refractivity contribution in [3.05, 3.63) is 41.8 Å². The van der Waals surface area contributed by atoms with Crippen molar-refractivity contribution in [2.45, 2.75) is 19.6 Å². The molecular weight excluding hydrogens is 268 g/mol. The SMILES string of the molecule is C=C(N=Cc1c(OC)ccc(F)c1F)O[Si](C)(C)C. The highest BCUT2D eigenvalue weighted by atomic mass is 28.4. The molecule has 1 aromatic carbocycles. The van der Waals surface area contributed by atoms with E-state index in [1.807, 2.05) is 19.6 Å². The summed E-state index contributed by atoms with van der Waals surface area (Å²) in [6.07, 6.45) is 1.15. The van der Waals surface area contributed by atoms with Crippen LogP contribution in [0.15, 0.2) is 29.6 Å². The molecule has 0 spiro atoms. The van der Waals surface area contributed by atoms with E-state index in [1.54, 1.807) is 0 Å². The lowest BCUT2D eigenvalue weighted by molar-refractivity contribution is 0.405. The maximum absolute atomic E-state index is 13.6. The van der Waals surface area contributed by atoms with Crippen LogP contribution in [0.3, 0.4) is 0 Å². The number of nitrogens with zero attached hydrogens (tertiary/aromatic N) is 1. The molecule has 0 aliphatic carbocycles. The largest absolute Gasteiger partial charge is 0.532 e. The van der Waals surface area contributed by atoms with Crippen LogP contribution in [0.1, 0.15) is 5.56 Å². The Hall–Kier alpha value is -1.69. The van der Waals surface area contributed by atoms with Crippen molar-refractivity contribution in [1.29, 1.82) is 0 Å². The van der Waals surface area contributed by atoms with E-state index in [4.69, 9.17) is 9.16 Å². The summed E-state index contributed by atoms with van der Waals surface area (Å²) in [7, 11) is -0.445. The molecule has 0 saturated carbocycles. The van der Waals surface area contributed by atoms with Crippen molar-refractivity contribution in [3.8, 4) is 5.75 Å². The number of halogens is 2. The standard InChI is InChI=1S/C13H17F2NO2Si/c1-9(18-19(3,4)5)16-8-10-12(17-2)7-6-11(14)13(10)15/h6-8H,1H2,2-5H3.